The first-order valence-corrected chi connectivity index (χ1v) is 14.5. The second kappa shape index (κ2) is 12.0. The molecule has 0 unspecified atom stereocenters. The number of fused-ring (bicyclic) bond motifs is 1. The van der Waals surface area contributed by atoms with Crippen LogP contribution in [0.5, 0.6) is 5.75 Å². The smallest absolute Gasteiger partial charge is 0.338 e. The van der Waals surface area contributed by atoms with Crippen molar-refractivity contribution in [1.29, 1.82) is 0 Å². The number of hydrogen-bond acceptors (Lipinski definition) is 9. The fraction of sp³-hybridized carbons (Fsp3) is 0.121. The van der Waals surface area contributed by atoms with Crippen molar-refractivity contribution in [3.05, 3.63) is 143 Å². The largest absolute Gasteiger partial charge is 0.496 e. The van der Waals surface area contributed by atoms with E-state index >= 15 is 0 Å². The molecule has 0 spiro atoms. The van der Waals surface area contributed by atoms with E-state index in [1.807, 2.05) is 60.7 Å². The summed E-state index contributed by atoms with van der Waals surface area (Å²) >= 11 is 1.18. The van der Waals surface area contributed by atoms with E-state index in [4.69, 9.17) is 18.9 Å². The Balaban J connectivity index is 1.52. The molecule has 3 aromatic carbocycles. The maximum atomic E-state index is 14.0. The predicted molar refractivity (Wildman–Crippen MR) is 165 cm³/mol. The number of non-ortho nitro benzene ring substituents is 1. The van der Waals surface area contributed by atoms with E-state index in [1.54, 1.807) is 31.2 Å². The summed E-state index contributed by atoms with van der Waals surface area (Å²) in [5.74, 6) is 0.525. The molecule has 1 atom stereocenters. The van der Waals surface area contributed by atoms with Crippen LogP contribution < -0.4 is 19.6 Å². The molecule has 0 fully saturated rings. The van der Waals surface area contributed by atoms with Crippen molar-refractivity contribution in [3.8, 4) is 17.1 Å². The molecule has 0 aliphatic carbocycles. The number of nitro benzene ring substituents is 1. The number of carbonyl (C=O) groups excluding carboxylic acids is 1. The molecule has 6 rings (SSSR count). The Kier molecular flexibility index (Phi) is 7.78. The first-order chi connectivity index (χ1) is 21.4. The number of esters is 1. The normalized spacial score (nSPS) is 14.6. The second-order valence-corrected chi connectivity index (χ2v) is 10.7. The van der Waals surface area contributed by atoms with Crippen LogP contribution in [0.1, 0.15) is 29.9 Å². The molecule has 0 saturated heterocycles. The molecule has 2 aromatic heterocycles. The molecular formula is C33H25N3O7S. The number of furan rings is 1. The van der Waals surface area contributed by atoms with Gasteiger partial charge in [-0.3, -0.25) is 19.5 Å². The van der Waals surface area contributed by atoms with Crippen LogP contribution in [0.25, 0.3) is 23.1 Å². The number of methoxy groups -OCH3 is 1. The molecule has 0 bridgehead atoms. The molecule has 5 aromatic rings. The van der Waals surface area contributed by atoms with Crippen molar-refractivity contribution in [2.24, 2.45) is 4.99 Å². The van der Waals surface area contributed by atoms with Gasteiger partial charge in [-0.1, -0.05) is 72.0 Å². The van der Waals surface area contributed by atoms with Gasteiger partial charge in [-0.25, -0.2) is 9.79 Å². The lowest BCUT2D eigenvalue weighted by Gasteiger charge is -2.25. The lowest BCUT2D eigenvalue weighted by Crippen LogP contribution is -2.39. The zero-order valence-corrected chi connectivity index (χ0v) is 24.4. The molecule has 10 nitrogen and oxygen atoms in total. The Labute approximate surface area is 254 Å². The minimum atomic E-state index is -0.777. The van der Waals surface area contributed by atoms with Crippen molar-refractivity contribution in [3.63, 3.8) is 0 Å². The molecule has 220 valence electrons. The van der Waals surface area contributed by atoms with Gasteiger partial charge in [0.1, 0.15) is 17.3 Å². The Hall–Kier alpha value is -5.55. The van der Waals surface area contributed by atoms with E-state index in [9.17, 15) is 19.7 Å². The number of thiazole rings is 1. The molecule has 0 amide bonds. The molecule has 3 heterocycles. The van der Waals surface area contributed by atoms with Crippen LogP contribution in [0.4, 0.5) is 5.69 Å². The van der Waals surface area contributed by atoms with E-state index < -0.39 is 16.9 Å². The van der Waals surface area contributed by atoms with E-state index in [1.165, 1.54) is 35.1 Å². The SMILES string of the molecule is CCOC(=O)C1=C(c2ccccc2)N=c2s/c(=C\c3ccc(-c4ccc([N+](=O)[O-])cc4OC)o3)c(=O)n2[C@H]1c1ccccc1. The van der Waals surface area contributed by atoms with Crippen molar-refractivity contribution >= 4 is 34.8 Å². The Bertz CT molecular complexity index is 2090. The topological polar surface area (TPSA) is 126 Å². The lowest BCUT2D eigenvalue weighted by molar-refractivity contribution is -0.384. The second-order valence-electron chi connectivity index (χ2n) is 9.69. The molecule has 0 N–H and O–H groups in total. The fourth-order valence-electron chi connectivity index (χ4n) is 5.09. The van der Waals surface area contributed by atoms with Gasteiger partial charge in [0.05, 0.1) is 52.1 Å². The minimum absolute atomic E-state index is 0.108. The third-order valence-electron chi connectivity index (χ3n) is 7.05. The number of ether oxygens (including phenoxy) is 2. The Morgan fingerprint density at radius 3 is 2.48 bits per heavy atom. The molecule has 44 heavy (non-hydrogen) atoms. The number of nitro groups is 1. The molecule has 1 aliphatic rings. The first-order valence-electron chi connectivity index (χ1n) is 13.7. The highest BCUT2D eigenvalue weighted by Gasteiger charge is 2.35. The lowest BCUT2D eigenvalue weighted by atomic mass is 9.93. The number of aromatic nitrogens is 1. The third kappa shape index (κ3) is 5.25. The van der Waals surface area contributed by atoms with Crippen LogP contribution in [0.2, 0.25) is 0 Å². The first kappa shape index (κ1) is 28.6. The summed E-state index contributed by atoms with van der Waals surface area (Å²) in [5, 5.41) is 11.2. The highest BCUT2D eigenvalue weighted by Crippen LogP contribution is 2.36. The predicted octanol–water partition coefficient (Wildman–Crippen LogP) is 5.11. The number of rotatable bonds is 8. The zero-order chi connectivity index (χ0) is 30.8. The van der Waals surface area contributed by atoms with Crippen LogP contribution in [0, 0.1) is 10.1 Å². The highest BCUT2D eigenvalue weighted by molar-refractivity contribution is 7.07. The Morgan fingerprint density at radius 2 is 1.80 bits per heavy atom. The summed E-state index contributed by atoms with van der Waals surface area (Å²) in [5.41, 5.74) is 2.24. The summed E-state index contributed by atoms with van der Waals surface area (Å²) < 4.78 is 18.7. The van der Waals surface area contributed by atoms with Crippen molar-refractivity contribution in [2.45, 2.75) is 13.0 Å². The van der Waals surface area contributed by atoms with E-state index in [0.29, 0.717) is 32.1 Å². The molecule has 1 aliphatic heterocycles. The van der Waals surface area contributed by atoms with Gasteiger partial charge in [-0.2, -0.15) is 0 Å². The van der Waals surface area contributed by atoms with Crippen LogP contribution in [-0.4, -0.2) is 29.2 Å². The molecule has 11 heteroatoms. The van der Waals surface area contributed by atoms with Gasteiger partial charge in [0.25, 0.3) is 11.2 Å². The quantitative estimate of drug-likeness (QED) is 0.136. The van der Waals surface area contributed by atoms with Gasteiger partial charge in [0.2, 0.25) is 0 Å². The standard InChI is InChI=1S/C33H25N3O7S/c1-3-42-32(38)28-29(20-10-6-4-7-11-20)34-33-35(30(28)21-12-8-5-9-13-21)31(37)27(44-33)19-23-15-17-25(43-23)24-16-14-22(36(39)40)18-26(24)41-2/h4-19,30H,3H2,1-2H3/b27-19-/t30-/m0/s1. The summed E-state index contributed by atoms with van der Waals surface area (Å²) in [6.45, 7) is 1.90. The van der Waals surface area contributed by atoms with Gasteiger partial charge in [0, 0.05) is 17.7 Å². The third-order valence-corrected chi connectivity index (χ3v) is 8.03. The summed E-state index contributed by atoms with van der Waals surface area (Å²) in [4.78, 5) is 43.5. The van der Waals surface area contributed by atoms with Crippen molar-refractivity contribution < 1.29 is 23.6 Å². The van der Waals surface area contributed by atoms with Gasteiger partial charge in [-0.05, 0) is 30.7 Å². The number of nitrogens with zero attached hydrogens (tertiary/aromatic N) is 3. The molecule has 0 saturated carbocycles. The van der Waals surface area contributed by atoms with Crippen molar-refractivity contribution in [1.82, 2.24) is 4.57 Å². The van der Waals surface area contributed by atoms with E-state index in [2.05, 4.69) is 0 Å². The maximum Gasteiger partial charge on any atom is 0.338 e. The number of hydrogen-bond donors (Lipinski definition) is 0. The zero-order valence-electron chi connectivity index (χ0n) is 23.6. The van der Waals surface area contributed by atoms with E-state index in [-0.39, 0.29) is 29.2 Å². The average Bonchev–Trinajstić information content (AvgIpc) is 3.64. The summed E-state index contributed by atoms with van der Waals surface area (Å²) in [7, 11) is 1.42. The number of carbonyl (C=O) groups is 1. The van der Waals surface area contributed by atoms with Crippen LogP contribution in [-0.2, 0) is 9.53 Å². The monoisotopic (exact) mass is 607 g/mol. The van der Waals surface area contributed by atoms with E-state index in [0.717, 1.165) is 11.1 Å². The Morgan fingerprint density at radius 1 is 1.07 bits per heavy atom. The molecule has 0 radical (unpaired) electrons. The highest BCUT2D eigenvalue weighted by atomic mass is 32.1. The van der Waals surface area contributed by atoms with Gasteiger partial charge >= 0.3 is 5.97 Å². The fourth-order valence-corrected chi connectivity index (χ4v) is 6.07. The minimum Gasteiger partial charge on any atom is -0.496 e. The number of benzene rings is 3. The average molecular weight is 608 g/mol. The van der Waals surface area contributed by atoms with Gasteiger partial charge in [0.15, 0.2) is 4.80 Å². The van der Waals surface area contributed by atoms with Gasteiger partial charge in [-0.15, -0.1) is 0 Å². The summed E-state index contributed by atoms with van der Waals surface area (Å²) in [6.07, 6.45) is 1.61. The van der Waals surface area contributed by atoms with Gasteiger partial charge < -0.3 is 13.9 Å². The summed E-state index contributed by atoms with van der Waals surface area (Å²) in [6, 6.07) is 25.5. The van der Waals surface area contributed by atoms with Crippen LogP contribution >= 0.6 is 11.3 Å². The maximum absolute atomic E-state index is 14.0. The van der Waals surface area contributed by atoms with Crippen LogP contribution in [0.15, 0.2) is 111 Å². The molecular weight excluding hydrogens is 582 g/mol. The van der Waals surface area contributed by atoms with Crippen molar-refractivity contribution in [2.75, 3.05) is 13.7 Å². The van der Waals surface area contributed by atoms with Crippen LogP contribution in [0.3, 0.4) is 0 Å².